The average Bonchev–Trinajstić information content (AvgIpc) is 2.48. The zero-order chi connectivity index (χ0) is 15.7. The van der Waals surface area contributed by atoms with Crippen molar-refractivity contribution in [2.45, 2.75) is 45.7 Å². The lowest BCUT2D eigenvalue weighted by molar-refractivity contribution is -0.331. The smallest absolute Gasteiger partial charge is 0.165 e. The van der Waals surface area contributed by atoms with Crippen molar-refractivity contribution in [3.63, 3.8) is 0 Å². The van der Waals surface area contributed by atoms with Crippen LogP contribution in [0.3, 0.4) is 0 Å². The maximum Gasteiger partial charge on any atom is 0.165 e. The van der Waals surface area contributed by atoms with Crippen molar-refractivity contribution in [2.24, 2.45) is 10.8 Å². The van der Waals surface area contributed by atoms with Crippen LogP contribution in [0.4, 0.5) is 0 Å². The molecule has 0 radical (unpaired) electrons. The van der Waals surface area contributed by atoms with Crippen LogP contribution in [-0.2, 0) is 18.9 Å². The van der Waals surface area contributed by atoms with Gasteiger partial charge in [-0.2, -0.15) is 0 Å². The number of rotatable bonds is 4. The monoisotopic (exact) mass is 304 g/mol. The van der Waals surface area contributed by atoms with Gasteiger partial charge in [-0.1, -0.05) is 27.7 Å². The van der Waals surface area contributed by atoms with Gasteiger partial charge in [0.15, 0.2) is 6.29 Å². The predicted molar refractivity (Wildman–Crippen MR) is 75.8 cm³/mol. The fraction of sp³-hybridized carbons (Fsp3) is 1.00. The fourth-order valence-corrected chi connectivity index (χ4v) is 2.38. The Bertz CT molecular complexity index is 301. The molecule has 0 aromatic heterocycles. The van der Waals surface area contributed by atoms with Crippen LogP contribution < -0.4 is 0 Å². The molecule has 1 spiro atoms. The van der Waals surface area contributed by atoms with Crippen LogP contribution in [0.25, 0.3) is 0 Å². The zero-order valence-corrected chi connectivity index (χ0v) is 13.4. The minimum Gasteiger partial charge on any atom is -0.396 e. The third-order valence-electron chi connectivity index (χ3n) is 4.41. The quantitative estimate of drug-likeness (QED) is 0.790. The molecule has 6 heteroatoms. The van der Waals surface area contributed by atoms with Crippen LogP contribution >= 0.6 is 0 Å². The van der Waals surface area contributed by atoms with Gasteiger partial charge >= 0.3 is 0 Å². The summed E-state index contributed by atoms with van der Waals surface area (Å²) in [5, 5.41) is 18.8. The number of ether oxygens (including phenoxy) is 4. The van der Waals surface area contributed by atoms with Crippen LogP contribution in [0.2, 0.25) is 0 Å². The van der Waals surface area contributed by atoms with Gasteiger partial charge in [0.1, 0.15) is 5.60 Å². The first-order chi connectivity index (χ1) is 9.75. The fourth-order valence-electron chi connectivity index (χ4n) is 2.38. The first kappa shape index (κ1) is 17.1. The van der Waals surface area contributed by atoms with E-state index in [4.69, 9.17) is 18.9 Å². The lowest BCUT2D eigenvalue weighted by Crippen LogP contribution is -2.60. The van der Waals surface area contributed by atoms with Crippen molar-refractivity contribution < 1.29 is 29.2 Å². The zero-order valence-electron chi connectivity index (χ0n) is 13.4. The highest BCUT2D eigenvalue weighted by atomic mass is 16.7. The number of hydrogen-bond donors (Lipinski definition) is 2. The van der Waals surface area contributed by atoms with E-state index in [9.17, 15) is 10.2 Å². The molecule has 2 aliphatic heterocycles. The van der Waals surface area contributed by atoms with Crippen LogP contribution in [0.15, 0.2) is 0 Å². The van der Waals surface area contributed by atoms with E-state index in [1.807, 2.05) is 27.7 Å². The van der Waals surface area contributed by atoms with Gasteiger partial charge in [0.05, 0.1) is 45.7 Å². The second-order valence-electron chi connectivity index (χ2n) is 7.54. The molecule has 0 aliphatic carbocycles. The highest BCUT2D eigenvalue weighted by molar-refractivity contribution is 4.92. The third-order valence-corrected chi connectivity index (χ3v) is 4.41. The lowest BCUT2D eigenvalue weighted by atomic mass is 9.86. The SMILES string of the molecule is CC(C)(CO)C1COC2(CO1)COC(C(C)(C)CO)OC2. The maximum atomic E-state index is 9.39. The van der Waals surface area contributed by atoms with E-state index in [1.54, 1.807) is 0 Å². The number of aliphatic hydroxyl groups is 2. The normalized spacial score (nSPS) is 35.1. The van der Waals surface area contributed by atoms with Crippen molar-refractivity contribution >= 4 is 0 Å². The van der Waals surface area contributed by atoms with Crippen LogP contribution in [0.1, 0.15) is 27.7 Å². The highest BCUT2D eigenvalue weighted by Gasteiger charge is 2.47. The van der Waals surface area contributed by atoms with Gasteiger partial charge in [0.25, 0.3) is 0 Å². The van der Waals surface area contributed by atoms with Crippen molar-refractivity contribution in [1.82, 2.24) is 0 Å². The molecule has 0 amide bonds. The molecule has 0 bridgehead atoms. The minimum absolute atomic E-state index is 0.00517. The molecule has 2 N–H and O–H groups in total. The first-order valence-electron chi connectivity index (χ1n) is 7.45. The maximum absolute atomic E-state index is 9.39. The summed E-state index contributed by atoms with van der Waals surface area (Å²) in [7, 11) is 0. The molecule has 6 nitrogen and oxygen atoms in total. The molecule has 1 unspecified atom stereocenters. The van der Waals surface area contributed by atoms with Crippen molar-refractivity contribution in [3.05, 3.63) is 0 Å². The van der Waals surface area contributed by atoms with Crippen molar-refractivity contribution in [3.8, 4) is 0 Å². The standard InChI is InChI=1S/C15H28O6/c1-13(2,6-16)11-5-21-15(8-18-11)9-19-12(20-10-15)14(3,4)7-17/h11-12,16-17H,5-10H2,1-4H3. The van der Waals surface area contributed by atoms with Gasteiger partial charge in [-0.15, -0.1) is 0 Å². The Hall–Kier alpha value is -0.240. The number of aliphatic hydroxyl groups excluding tert-OH is 2. The second kappa shape index (κ2) is 6.10. The Kier molecular flexibility index (Phi) is 4.97. The Morgan fingerprint density at radius 1 is 0.905 bits per heavy atom. The molecule has 1 atom stereocenters. The van der Waals surface area contributed by atoms with E-state index >= 15 is 0 Å². The largest absolute Gasteiger partial charge is 0.396 e. The van der Waals surface area contributed by atoms with E-state index in [-0.39, 0.29) is 24.7 Å². The van der Waals surface area contributed by atoms with Crippen LogP contribution in [-0.4, -0.2) is 67.8 Å². The second-order valence-corrected chi connectivity index (χ2v) is 7.54. The van der Waals surface area contributed by atoms with E-state index in [0.717, 1.165) is 0 Å². The molecular weight excluding hydrogens is 276 g/mol. The third kappa shape index (κ3) is 3.57. The van der Waals surface area contributed by atoms with E-state index < -0.39 is 17.3 Å². The van der Waals surface area contributed by atoms with Crippen LogP contribution in [0.5, 0.6) is 0 Å². The van der Waals surface area contributed by atoms with Gasteiger partial charge in [0.2, 0.25) is 0 Å². The molecule has 21 heavy (non-hydrogen) atoms. The molecule has 0 aromatic rings. The molecule has 2 saturated heterocycles. The molecule has 2 fully saturated rings. The molecule has 2 heterocycles. The Labute approximate surface area is 126 Å². The topological polar surface area (TPSA) is 77.4 Å². The summed E-state index contributed by atoms with van der Waals surface area (Å²) in [5.41, 5.74) is -1.36. The van der Waals surface area contributed by atoms with E-state index in [1.165, 1.54) is 0 Å². The molecule has 0 saturated carbocycles. The lowest BCUT2D eigenvalue weighted by Gasteiger charge is -2.48. The van der Waals surface area contributed by atoms with Crippen LogP contribution in [0, 0.1) is 10.8 Å². The van der Waals surface area contributed by atoms with E-state index in [0.29, 0.717) is 26.4 Å². The molecule has 2 aliphatic rings. The van der Waals surface area contributed by atoms with Gasteiger partial charge < -0.3 is 29.2 Å². The summed E-state index contributed by atoms with van der Waals surface area (Å²) in [6.07, 6.45) is -0.580. The molecule has 124 valence electrons. The summed E-state index contributed by atoms with van der Waals surface area (Å²) in [6, 6.07) is 0. The molecule has 2 rings (SSSR count). The summed E-state index contributed by atoms with van der Waals surface area (Å²) in [4.78, 5) is 0. The number of hydrogen-bond acceptors (Lipinski definition) is 6. The first-order valence-corrected chi connectivity index (χ1v) is 7.45. The van der Waals surface area contributed by atoms with Gasteiger partial charge in [-0.25, -0.2) is 0 Å². The van der Waals surface area contributed by atoms with Crippen molar-refractivity contribution in [1.29, 1.82) is 0 Å². The predicted octanol–water partition coefficient (Wildman–Crippen LogP) is 0.550. The summed E-state index contributed by atoms with van der Waals surface area (Å²) < 4.78 is 23.3. The summed E-state index contributed by atoms with van der Waals surface area (Å²) in [6.45, 7) is 9.30. The van der Waals surface area contributed by atoms with Gasteiger partial charge in [0, 0.05) is 10.8 Å². The summed E-state index contributed by atoms with van der Waals surface area (Å²) in [5.74, 6) is 0. The van der Waals surface area contributed by atoms with E-state index in [2.05, 4.69) is 0 Å². The Morgan fingerprint density at radius 2 is 1.43 bits per heavy atom. The highest BCUT2D eigenvalue weighted by Crippen LogP contribution is 2.35. The minimum atomic E-state index is -0.579. The molecule has 0 aromatic carbocycles. The van der Waals surface area contributed by atoms with Crippen molar-refractivity contribution in [2.75, 3.05) is 39.6 Å². The Morgan fingerprint density at radius 3 is 1.86 bits per heavy atom. The van der Waals surface area contributed by atoms with Gasteiger partial charge in [-0.05, 0) is 0 Å². The molecular formula is C15H28O6. The Balaban J connectivity index is 1.89. The van der Waals surface area contributed by atoms with Gasteiger partial charge in [-0.3, -0.25) is 0 Å². The average molecular weight is 304 g/mol. The summed E-state index contributed by atoms with van der Waals surface area (Å²) >= 11 is 0.